The number of methoxy groups -OCH3 is 1. The topological polar surface area (TPSA) is 58.6 Å². The SMILES string of the molecule is C=CC(=O)Nc1ccc2c(c1)N(C(=O)COC)CCC2. The molecule has 5 heteroatoms. The summed E-state index contributed by atoms with van der Waals surface area (Å²) in [7, 11) is 1.50. The number of benzene rings is 1. The van der Waals surface area contributed by atoms with E-state index in [9.17, 15) is 9.59 Å². The third-order valence-corrected chi connectivity index (χ3v) is 3.23. The van der Waals surface area contributed by atoms with Gasteiger partial charge in [-0.2, -0.15) is 0 Å². The van der Waals surface area contributed by atoms with Gasteiger partial charge in [-0.25, -0.2) is 0 Å². The number of anilines is 2. The summed E-state index contributed by atoms with van der Waals surface area (Å²) in [5, 5.41) is 2.71. The second-order valence-corrected chi connectivity index (χ2v) is 4.62. The van der Waals surface area contributed by atoms with Crippen LogP contribution in [0.5, 0.6) is 0 Å². The van der Waals surface area contributed by atoms with E-state index in [1.807, 2.05) is 18.2 Å². The fraction of sp³-hybridized carbons (Fsp3) is 0.333. The average molecular weight is 274 g/mol. The molecule has 1 aromatic carbocycles. The van der Waals surface area contributed by atoms with Crippen molar-refractivity contribution >= 4 is 23.2 Å². The molecular weight excluding hydrogens is 256 g/mol. The van der Waals surface area contributed by atoms with Gasteiger partial charge in [-0.3, -0.25) is 9.59 Å². The Morgan fingerprint density at radius 1 is 1.50 bits per heavy atom. The second kappa shape index (κ2) is 6.34. The van der Waals surface area contributed by atoms with Crippen LogP contribution in [0.3, 0.4) is 0 Å². The van der Waals surface area contributed by atoms with Gasteiger partial charge in [0.25, 0.3) is 5.91 Å². The normalized spacial score (nSPS) is 13.6. The van der Waals surface area contributed by atoms with Crippen LogP contribution in [0.2, 0.25) is 0 Å². The lowest BCUT2D eigenvalue weighted by molar-refractivity contribution is -0.122. The van der Waals surface area contributed by atoms with Crippen LogP contribution in [0.1, 0.15) is 12.0 Å². The maximum absolute atomic E-state index is 12.0. The zero-order chi connectivity index (χ0) is 14.5. The summed E-state index contributed by atoms with van der Waals surface area (Å²) in [4.78, 5) is 25.1. The van der Waals surface area contributed by atoms with E-state index in [0.717, 1.165) is 24.1 Å². The van der Waals surface area contributed by atoms with Gasteiger partial charge < -0.3 is 15.0 Å². The molecule has 0 radical (unpaired) electrons. The Morgan fingerprint density at radius 3 is 3.00 bits per heavy atom. The van der Waals surface area contributed by atoms with Gasteiger partial charge in [-0.15, -0.1) is 0 Å². The van der Waals surface area contributed by atoms with E-state index in [1.165, 1.54) is 13.2 Å². The molecule has 1 heterocycles. The first-order chi connectivity index (χ1) is 9.65. The Bertz CT molecular complexity index is 540. The summed E-state index contributed by atoms with van der Waals surface area (Å²) in [6.07, 6.45) is 3.08. The molecule has 1 N–H and O–H groups in total. The molecule has 1 aliphatic heterocycles. The summed E-state index contributed by atoms with van der Waals surface area (Å²) >= 11 is 0. The highest BCUT2D eigenvalue weighted by atomic mass is 16.5. The van der Waals surface area contributed by atoms with Crippen LogP contribution in [-0.4, -0.2) is 32.1 Å². The van der Waals surface area contributed by atoms with Crippen molar-refractivity contribution in [3.63, 3.8) is 0 Å². The molecule has 2 rings (SSSR count). The van der Waals surface area contributed by atoms with Crippen LogP contribution in [0.15, 0.2) is 30.9 Å². The molecule has 0 aromatic heterocycles. The highest BCUT2D eigenvalue weighted by Crippen LogP contribution is 2.30. The zero-order valence-electron chi connectivity index (χ0n) is 11.5. The minimum atomic E-state index is -0.268. The number of nitrogens with zero attached hydrogens (tertiary/aromatic N) is 1. The van der Waals surface area contributed by atoms with E-state index in [0.29, 0.717) is 12.2 Å². The van der Waals surface area contributed by atoms with Gasteiger partial charge in [0.1, 0.15) is 6.61 Å². The van der Waals surface area contributed by atoms with Crippen molar-refractivity contribution in [2.45, 2.75) is 12.8 Å². The van der Waals surface area contributed by atoms with E-state index in [-0.39, 0.29) is 18.4 Å². The van der Waals surface area contributed by atoms with Crippen molar-refractivity contribution < 1.29 is 14.3 Å². The van der Waals surface area contributed by atoms with Crippen molar-refractivity contribution in [2.24, 2.45) is 0 Å². The predicted octanol–water partition coefficient (Wildman–Crippen LogP) is 1.74. The molecule has 1 aromatic rings. The van der Waals surface area contributed by atoms with Gasteiger partial charge in [0.2, 0.25) is 5.91 Å². The van der Waals surface area contributed by atoms with E-state index < -0.39 is 0 Å². The van der Waals surface area contributed by atoms with Crippen LogP contribution < -0.4 is 10.2 Å². The number of nitrogens with one attached hydrogen (secondary N) is 1. The van der Waals surface area contributed by atoms with Gasteiger partial charge in [0.05, 0.1) is 0 Å². The van der Waals surface area contributed by atoms with Gasteiger partial charge in [0.15, 0.2) is 0 Å². The Labute approximate surface area is 118 Å². The third kappa shape index (κ3) is 3.05. The first-order valence-corrected chi connectivity index (χ1v) is 6.51. The Hall–Kier alpha value is -2.14. The smallest absolute Gasteiger partial charge is 0.252 e. The molecule has 20 heavy (non-hydrogen) atoms. The molecule has 1 aliphatic rings. The summed E-state index contributed by atoms with van der Waals surface area (Å²) in [5.74, 6) is -0.337. The van der Waals surface area contributed by atoms with Crippen molar-refractivity contribution in [2.75, 3.05) is 30.5 Å². The maximum atomic E-state index is 12.0. The van der Waals surface area contributed by atoms with E-state index in [2.05, 4.69) is 11.9 Å². The molecule has 0 spiro atoms. The lowest BCUT2D eigenvalue weighted by atomic mass is 10.0. The minimum Gasteiger partial charge on any atom is -0.375 e. The van der Waals surface area contributed by atoms with E-state index in [4.69, 9.17) is 4.74 Å². The van der Waals surface area contributed by atoms with Crippen LogP contribution in [0.25, 0.3) is 0 Å². The number of amides is 2. The number of carbonyl (C=O) groups excluding carboxylic acids is 2. The molecule has 106 valence electrons. The monoisotopic (exact) mass is 274 g/mol. The number of rotatable bonds is 4. The number of ether oxygens (including phenoxy) is 1. The standard InChI is InChI=1S/C15H18N2O3/c1-3-14(18)16-12-7-6-11-5-4-8-17(13(11)9-12)15(19)10-20-2/h3,6-7,9H,1,4-5,8,10H2,2H3,(H,16,18). The lowest BCUT2D eigenvalue weighted by Gasteiger charge is -2.29. The number of aryl methyl sites for hydroxylation is 1. The van der Waals surface area contributed by atoms with Crippen molar-refractivity contribution in [1.82, 2.24) is 0 Å². The van der Waals surface area contributed by atoms with Gasteiger partial charge in [0, 0.05) is 25.0 Å². The summed E-state index contributed by atoms with van der Waals surface area (Å²) in [5.41, 5.74) is 2.61. The molecular formula is C15H18N2O3. The summed E-state index contributed by atoms with van der Waals surface area (Å²) in [6.45, 7) is 4.15. The molecule has 0 saturated carbocycles. The summed E-state index contributed by atoms with van der Waals surface area (Å²) < 4.78 is 4.91. The molecule has 5 nitrogen and oxygen atoms in total. The second-order valence-electron chi connectivity index (χ2n) is 4.62. The molecule has 0 fully saturated rings. The van der Waals surface area contributed by atoms with Crippen LogP contribution >= 0.6 is 0 Å². The predicted molar refractivity (Wildman–Crippen MR) is 77.8 cm³/mol. The fourth-order valence-corrected chi connectivity index (χ4v) is 2.31. The lowest BCUT2D eigenvalue weighted by Crippen LogP contribution is -2.37. The third-order valence-electron chi connectivity index (χ3n) is 3.23. The highest BCUT2D eigenvalue weighted by Gasteiger charge is 2.22. The van der Waals surface area contributed by atoms with Crippen molar-refractivity contribution in [3.05, 3.63) is 36.4 Å². The fourth-order valence-electron chi connectivity index (χ4n) is 2.31. The number of hydrogen-bond acceptors (Lipinski definition) is 3. The largest absolute Gasteiger partial charge is 0.375 e. The zero-order valence-corrected chi connectivity index (χ0v) is 11.5. The van der Waals surface area contributed by atoms with Crippen LogP contribution in [0, 0.1) is 0 Å². The molecule has 2 amide bonds. The molecule has 0 bridgehead atoms. The number of fused-ring (bicyclic) bond motifs is 1. The first-order valence-electron chi connectivity index (χ1n) is 6.51. The molecule has 0 unspecified atom stereocenters. The Morgan fingerprint density at radius 2 is 2.30 bits per heavy atom. The quantitative estimate of drug-likeness (QED) is 0.851. The number of carbonyl (C=O) groups is 2. The van der Waals surface area contributed by atoms with Crippen molar-refractivity contribution in [1.29, 1.82) is 0 Å². The molecule has 0 saturated heterocycles. The average Bonchev–Trinajstić information content (AvgIpc) is 2.46. The first kappa shape index (κ1) is 14.3. The summed E-state index contributed by atoms with van der Waals surface area (Å²) in [6, 6.07) is 5.61. The minimum absolute atomic E-state index is 0.0582. The van der Waals surface area contributed by atoms with Crippen molar-refractivity contribution in [3.8, 4) is 0 Å². The Balaban J connectivity index is 2.28. The van der Waals surface area contributed by atoms with E-state index >= 15 is 0 Å². The molecule has 0 aliphatic carbocycles. The maximum Gasteiger partial charge on any atom is 0.252 e. The highest BCUT2D eigenvalue weighted by molar-refractivity contribution is 6.00. The number of hydrogen-bond donors (Lipinski definition) is 1. The van der Waals surface area contributed by atoms with Gasteiger partial charge in [-0.1, -0.05) is 12.6 Å². The van der Waals surface area contributed by atoms with Crippen LogP contribution in [-0.2, 0) is 20.7 Å². The van der Waals surface area contributed by atoms with Crippen LogP contribution in [0.4, 0.5) is 11.4 Å². The Kier molecular flexibility index (Phi) is 4.53. The molecule has 0 atom stereocenters. The van der Waals surface area contributed by atoms with Gasteiger partial charge >= 0.3 is 0 Å². The van der Waals surface area contributed by atoms with Gasteiger partial charge in [-0.05, 0) is 36.6 Å². The van der Waals surface area contributed by atoms with E-state index in [1.54, 1.807) is 4.90 Å².